The first kappa shape index (κ1) is 18.9. The molecule has 2 N–H and O–H groups in total. The molecule has 1 aromatic heterocycles. The molecule has 0 radical (unpaired) electrons. The van der Waals surface area contributed by atoms with Crippen molar-refractivity contribution in [3.8, 4) is 5.75 Å². The lowest BCUT2D eigenvalue weighted by atomic mass is 9.97. The third kappa shape index (κ3) is 3.07. The van der Waals surface area contributed by atoms with Crippen LogP contribution >= 0.6 is 0 Å². The van der Waals surface area contributed by atoms with Crippen LogP contribution in [0.2, 0.25) is 0 Å². The van der Waals surface area contributed by atoms with E-state index in [0.717, 1.165) is 43.0 Å². The maximum absolute atomic E-state index is 14.0. The molecular formula is C20H18F2N4O4. The normalized spacial score (nSPS) is 21.4. The first-order valence-corrected chi connectivity index (χ1v) is 9.69. The maximum atomic E-state index is 14.0. The summed E-state index contributed by atoms with van der Waals surface area (Å²) < 4.78 is 38.7. The molecule has 1 aromatic carbocycles. The minimum absolute atomic E-state index is 0.0858. The van der Waals surface area contributed by atoms with Crippen molar-refractivity contribution in [2.24, 2.45) is 0 Å². The Morgan fingerprint density at radius 3 is 2.87 bits per heavy atom. The number of hydrogen-bond donors (Lipinski definition) is 2. The van der Waals surface area contributed by atoms with Crippen molar-refractivity contribution in [1.29, 1.82) is 0 Å². The number of nitrogens with one attached hydrogen (secondary N) is 2. The molecule has 3 aliphatic rings. The van der Waals surface area contributed by atoms with Gasteiger partial charge in [-0.3, -0.25) is 9.59 Å². The molecule has 30 heavy (non-hydrogen) atoms. The van der Waals surface area contributed by atoms with Crippen LogP contribution in [0.1, 0.15) is 47.6 Å². The fourth-order valence-electron chi connectivity index (χ4n) is 4.20. The number of carbonyl (C=O) groups excluding carboxylic acids is 2. The van der Waals surface area contributed by atoms with Crippen LogP contribution in [0.15, 0.2) is 18.3 Å². The number of ether oxygens (including phenoxy) is 2. The minimum Gasteiger partial charge on any atom is -0.488 e. The molecule has 3 heterocycles. The fraction of sp³-hybridized carbons (Fsp3) is 0.400. The Kier molecular flexibility index (Phi) is 4.39. The Morgan fingerprint density at radius 1 is 1.27 bits per heavy atom. The van der Waals surface area contributed by atoms with Gasteiger partial charge in [0.15, 0.2) is 5.82 Å². The number of amides is 2. The van der Waals surface area contributed by atoms with Crippen LogP contribution in [-0.2, 0) is 21.7 Å². The number of fused-ring (bicyclic) bond motifs is 3. The summed E-state index contributed by atoms with van der Waals surface area (Å²) in [5.41, 5.74) is 0.857. The van der Waals surface area contributed by atoms with E-state index in [0.29, 0.717) is 12.7 Å². The molecule has 2 amide bonds. The summed E-state index contributed by atoms with van der Waals surface area (Å²) in [5, 5.41) is 4.83. The summed E-state index contributed by atoms with van der Waals surface area (Å²) in [6.45, 7) is 0.113. The molecule has 1 aliphatic carbocycles. The highest BCUT2D eigenvalue weighted by molar-refractivity contribution is 6.01. The number of benzene rings is 1. The molecule has 10 heteroatoms. The highest BCUT2D eigenvalue weighted by Gasteiger charge is 2.44. The second-order valence-electron chi connectivity index (χ2n) is 7.64. The molecule has 0 saturated heterocycles. The largest absolute Gasteiger partial charge is 0.488 e. The van der Waals surface area contributed by atoms with Crippen molar-refractivity contribution in [2.75, 3.05) is 11.9 Å². The zero-order valence-electron chi connectivity index (χ0n) is 15.8. The number of rotatable bonds is 2. The lowest BCUT2D eigenvalue weighted by molar-refractivity contribution is -0.118. The molecule has 0 bridgehead atoms. The van der Waals surface area contributed by atoms with E-state index in [1.165, 1.54) is 0 Å². The van der Waals surface area contributed by atoms with Gasteiger partial charge in [0.1, 0.15) is 35.5 Å². The van der Waals surface area contributed by atoms with E-state index < -0.39 is 35.1 Å². The van der Waals surface area contributed by atoms with Crippen LogP contribution < -0.4 is 15.4 Å². The van der Waals surface area contributed by atoms with Crippen molar-refractivity contribution in [1.82, 2.24) is 15.3 Å². The number of anilines is 1. The van der Waals surface area contributed by atoms with Crippen LogP contribution in [0.3, 0.4) is 0 Å². The number of aromatic nitrogens is 2. The molecule has 2 aromatic rings. The molecular weight excluding hydrogens is 398 g/mol. The second-order valence-corrected chi connectivity index (χ2v) is 7.64. The number of nitrogens with zero attached hydrogens (tertiary/aromatic N) is 2. The molecule has 1 saturated carbocycles. The van der Waals surface area contributed by atoms with Gasteiger partial charge in [0.05, 0.1) is 12.3 Å². The van der Waals surface area contributed by atoms with E-state index in [1.54, 1.807) is 6.20 Å². The molecule has 5 rings (SSSR count). The number of carbonyl (C=O) groups is 2. The third-order valence-corrected chi connectivity index (χ3v) is 5.71. The average molecular weight is 416 g/mol. The van der Waals surface area contributed by atoms with Crippen molar-refractivity contribution in [3.63, 3.8) is 0 Å². The van der Waals surface area contributed by atoms with Gasteiger partial charge in [0.2, 0.25) is 5.82 Å². The fourth-order valence-corrected chi connectivity index (χ4v) is 4.20. The van der Waals surface area contributed by atoms with Crippen LogP contribution in [0, 0.1) is 11.6 Å². The molecule has 1 fully saturated rings. The van der Waals surface area contributed by atoms with Gasteiger partial charge in [-0.2, -0.15) is 0 Å². The lowest BCUT2D eigenvalue weighted by Crippen LogP contribution is -2.47. The van der Waals surface area contributed by atoms with Gasteiger partial charge in [-0.15, -0.1) is 0 Å². The van der Waals surface area contributed by atoms with Crippen LogP contribution in [0.4, 0.5) is 14.5 Å². The molecule has 2 aliphatic heterocycles. The smallest absolute Gasteiger partial charge is 0.289 e. The molecule has 0 unspecified atom stereocenters. The monoisotopic (exact) mass is 416 g/mol. The Morgan fingerprint density at radius 2 is 2.07 bits per heavy atom. The highest BCUT2D eigenvalue weighted by atomic mass is 19.1. The van der Waals surface area contributed by atoms with Crippen LogP contribution in [0.5, 0.6) is 5.75 Å². The zero-order valence-corrected chi connectivity index (χ0v) is 15.8. The standard InChI is InChI=1S/C20H18F2N4O4/c21-11-5-12(22)15-14(6-11)29-9-13(18(27)25-15)24-19(28)17-23-7-10-8-30-20(16(10)26-17)3-1-2-4-20/h5-7,13H,1-4,8-9H2,(H,24,28)(H,25,27)/t13-/m0/s1. The SMILES string of the molecule is O=C(N[C@H]1COc2cc(F)cc(F)c2NC1=O)c1ncc2c(n1)C1(CCCC1)OC2. The van der Waals surface area contributed by atoms with E-state index in [4.69, 9.17) is 9.47 Å². The van der Waals surface area contributed by atoms with Gasteiger partial charge >= 0.3 is 0 Å². The Hall–Kier alpha value is -3.14. The molecule has 156 valence electrons. The Balaban J connectivity index is 1.35. The summed E-state index contributed by atoms with van der Waals surface area (Å²) in [5.74, 6) is -3.39. The summed E-state index contributed by atoms with van der Waals surface area (Å²) >= 11 is 0. The Labute approximate surface area is 170 Å². The maximum Gasteiger partial charge on any atom is 0.289 e. The number of hydrogen-bond acceptors (Lipinski definition) is 6. The summed E-state index contributed by atoms with van der Waals surface area (Å²) in [6, 6.07) is 0.467. The van der Waals surface area contributed by atoms with Crippen molar-refractivity contribution in [2.45, 2.75) is 43.9 Å². The van der Waals surface area contributed by atoms with Crippen molar-refractivity contribution >= 4 is 17.5 Å². The van der Waals surface area contributed by atoms with E-state index in [1.807, 2.05) is 0 Å². The number of halogens is 2. The Bertz CT molecular complexity index is 1060. The molecule has 1 spiro atoms. The van der Waals surface area contributed by atoms with E-state index >= 15 is 0 Å². The topological polar surface area (TPSA) is 102 Å². The van der Waals surface area contributed by atoms with Gasteiger partial charge in [-0.25, -0.2) is 18.7 Å². The third-order valence-electron chi connectivity index (χ3n) is 5.71. The minimum atomic E-state index is -1.14. The van der Waals surface area contributed by atoms with Crippen LogP contribution in [0.25, 0.3) is 0 Å². The van der Waals surface area contributed by atoms with Gasteiger partial charge in [-0.05, 0) is 12.8 Å². The van der Waals surface area contributed by atoms with Crippen molar-refractivity contribution in [3.05, 3.63) is 47.0 Å². The lowest BCUT2D eigenvalue weighted by Gasteiger charge is -2.22. The second kappa shape index (κ2) is 6.98. The molecule has 1 atom stereocenters. The zero-order chi connectivity index (χ0) is 20.9. The summed E-state index contributed by atoms with van der Waals surface area (Å²) in [6.07, 6.45) is 5.32. The van der Waals surface area contributed by atoms with Gasteiger partial charge < -0.3 is 20.1 Å². The predicted molar refractivity (Wildman–Crippen MR) is 98.7 cm³/mol. The first-order valence-electron chi connectivity index (χ1n) is 9.69. The average Bonchev–Trinajstić information content (AvgIpc) is 3.31. The van der Waals surface area contributed by atoms with Crippen LogP contribution in [-0.4, -0.2) is 34.4 Å². The predicted octanol–water partition coefficient (Wildman–Crippen LogP) is 2.18. The summed E-state index contributed by atoms with van der Waals surface area (Å²) in [7, 11) is 0. The van der Waals surface area contributed by atoms with Gasteiger partial charge in [0.25, 0.3) is 11.8 Å². The molecule has 8 nitrogen and oxygen atoms in total. The first-order chi connectivity index (χ1) is 14.4. The quantitative estimate of drug-likeness (QED) is 0.778. The van der Waals surface area contributed by atoms with E-state index in [2.05, 4.69) is 20.6 Å². The van der Waals surface area contributed by atoms with E-state index in [-0.39, 0.29) is 23.9 Å². The summed E-state index contributed by atoms with van der Waals surface area (Å²) in [4.78, 5) is 33.7. The van der Waals surface area contributed by atoms with Gasteiger partial charge in [-0.1, -0.05) is 12.8 Å². The van der Waals surface area contributed by atoms with Crippen molar-refractivity contribution < 1.29 is 27.8 Å². The van der Waals surface area contributed by atoms with E-state index in [9.17, 15) is 18.4 Å². The highest BCUT2D eigenvalue weighted by Crippen LogP contribution is 2.47. The van der Waals surface area contributed by atoms with Gasteiger partial charge in [0, 0.05) is 23.9 Å².